The van der Waals surface area contributed by atoms with Crippen LogP contribution in [0.4, 0.5) is 34.1 Å². The molecule has 0 saturated carbocycles. The first-order valence-electron chi connectivity index (χ1n) is 37.9. The van der Waals surface area contributed by atoms with Crippen LogP contribution in [-0.2, 0) is 0 Å². The lowest BCUT2D eigenvalue weighted by Crippen LogP contribution is -2.12. The molecule has 0 atom stereocenters. The fourth-order valence-corrected chi connectivity index (χ4v) is 20.4. The molecule has 6 nitrogen and oxygen atoms in total. The van der Waals surface area contributed by atoms with Gasteiger partial charge in [0.05, 0.1) is 32.8 Å². The lowest BCUT2D eigenvalue weighted by molar-refractivity contribution is 0.669. The molecule has 0 fully saturated rings. The van der Waals surface area contributed by atoms with Crippen molar-refractivity contribution in [3.05, 3.63) is 364 Å². The molecule has 0 radical (unpaired) electrons. The van der Waals surface area contributed by atoms with Crippen LogP contribution in [0.2, 0.25) is 0 Å². The number of thiophene rings is 2. The zero-order valence-corrected chi connectivity index (χ0v) is 61.6. The number of para-hydroxylation sites is 5. The molecule has 6 heterocycles. The molecule has 8 heteroatoms. The number of anilines is 6. The van der Waals surface area contributed by atoms with Crippen molar-refractivity contribution >= 4 is 206 Å². The largest absolute Gasteiger partial charge is 0.456 e. The maximum Gasteiger partial charge on any atom is 0.143 e. The Hall–Kier alpha value is -14.3. The third-order valence-electron chi connectivity index (χ3n) is 23.1. The highest BCUT2D eigenvalue weighted by molar-refractivity contribution is 7.26. The number of nitrogens with zero attached hydrogens (tertiary/aromatic N) is 2. The summed E-state index contributed by atoms with van der Waals surface area (Å²) in [5.41, 5.74) is 23.0. The fourth-order valence-electron chi connectivity index (χ4n) is 17.9. The van der Waals surface area contributed by atoms with Crippen molar-refractivity contribution in [3.63, 3.8) is 0 Å². The minimum absolute atomic E-state index is 0.759. The van der Waals surface area contributed by atoms with Gasteiger partial charge in [0.15, 0.2) is 0 Å². The van der Waals surface area contributed by atoms with Crippen LogP contribution in [0.25, 0.3) is 205 Å². The van der Waals surface area contributed by atoms with Gasteiger partial charge in [-0.05, 0) is 152 Å². The molecule has 0 aliphatic rings. The zero-order valence-electron chi connectivity index (χ0n) is 60.0. The van der Waals surface area contributed by atoms with Crippen LogP contribution in [0.1, 0.15) is 0 Å². The molecule has 0 bridgehead atoms. The normalized spacial score (nSPS) is 12.1. The predicted octanol–water partition coefficient (Wildman–Crippen LogP) is 31.6. The van der Waals surface area contributed by atoms with Crippen molar-refractivity contribution in [3.8, 4) is 55.6 Å². The molecule has 0 unspecified atom stereocenters. The summed E-state index contributed by atoms with van der Waals surface area (Å²) in [4.78, 5) is 4.92. The van der Waals surface area contributed by atoms with E-state index in [4.69, 9.17) is 17.7 Å². The van der Waals surface area contributed by atoms with Crippen LogP contribution in [0.15, 0.2) is 382 Å². The van der Waals surface area contributed by atoms with Crippen molar-refractivity contribution in [2.24, 2.45) is 0 Å². The van der Waals surface area contributed by atoms with Crippen molar-refractivity contribution in [2.45, 2.75) is 0 Å². The van der Waals surface area contributed by atoms with Gasteiger partial charge in [0.25, 0.3) is 0 Å². The molecule has 112 heavy (non-hydrogen) atoms. The van der Waals surface area contributed by atoms with E-state index < -0.39 is 0 Å². The van der Waals surface area contributed by atoms with Crippen LogP contribution in [-0.4, -0.2) is 0 Å². The number of furan rings is 4. The highest BCUT2D eigenvalue weighted by Gasteiger charge is 2.29. The third kappa shape index (κ3) is 9.62. The Bertz CT molecular complexity index is 8050. The Morgan fingerprint density at radius 3 is 1.28 bits per heavy atom. The summed E-state index contributed by atoms with van der Waals surface area (Å²) in [6.07, 6.45) is 0. The van der Waals surface area contributed by atoms with Gasteiger partial charge in [0.1, 0.15) is 44.7 Å². The van der Waals surface area contributed by atoms with E-state index in [-0.39, 0.29) is 0 Å². The highest BCUT2D eigenvalue weighted by atomic mass is 32.1. The summed E-state index contributed by atoms with van der Waals surface area (Å²) >= 11 is 3.70. The summed E-state index contributed by atoms with van der Waals surface area (Å²) in [6, 6.07) is 132. The molecule has 18 aromatic carbocycles. The van der Waals surface area contributed by atoms with E-state index in [1.165, 1.54) is 56.7 Å². The first-order valence-corrected chi connectivity index (χ1v) is 39.5. The average Bonchev–Trinajstić information content (AvgIpc) is 1.64. The van der Waals surface area contributed by atoms with Crippen LogP contribution >= 0.6 is 22.7 Å². The third-order valence-corrected chi connectivity index (χ3v) is 25.5. The lowest BCUT2D eigenvalue weighted by atomic mass is 9.94. The van der Waals surface area contributed by atoms with Crippen molar-refractivity contribution in [1.82, 2.24) is 0 Å². The van der Waals surface area contributed by atoms with Crippen LogP contribution in [0, 0.1) is 0 Å². The number of hydrogen-bond donors (Lipinski definition) is 0. The second-order valence-corrected chi connectivity index (χ2v) is 31.3. The Morgan fingerprint density at radius 2 is 0.607 bits per heavy atom. The van der Waals surface area contributed by atoms with Crippen LogP contribution < -0.4 is 9.80 Å². The van der Waals surface area contributed by atoms with Gasteiger partial charge in [-0.15, -0.1) is 22.7 Å². The molecule has 522 valence electrons. The standard InChI is InChI=1S/C104H60N2O4S2/c1-3-22-65-59-94-85(56-63(65)20-1)79-33-15-31-77(101(79)109-94)73-24-5-9-38-87(73)105(68-51-46-61(47-52-68)70-28-18-42-92-98(70)83-27-6-10-41-91(83)107-92)88-39-19-43-93-99(88)84-37-13-29-71(100(84)108-93)67-50-55-74(78-32-16-34-80-86-57-64-21-2-4-23-66(64)60-95(86)110-102(78)80)90(58-67)106(89-40-17-36-82-76-26-8-12-45-97(76)112-104(82)89)69-53-48-62(49-54-69)72-30-14-35-81-75-25-7-11-44-96(75)111-103(72)81/h1-60H. The molecule has 6 aromatic heterocycles. The summed E-state index contributed by atoms with van der Waals surface area (Å²) in [7, 11) is 0. The molecular weight excluding hydrogens is 1410 g/mol. The molecule has 24 rings (SSSR count). The summed E-state index contributed by atoms with van der Waals surface area (Å²) < 4.78 is 33.2. The summed E-state index contributed by atoms with van der Waals surface area (Å²) in [5.74, 6) is 0. The zero-order chi connectivity index (χ0) is 73.2. The molecule has 0 aliphatic carbocycles. The van der Waals surface area contributed by atoms with Gasteiger partial charge in [-0.3, -0.25) is 0 Å². The van der Waals surface area contributed by atoms with E-state index in [2.05, 4.69) is 362 Å². The monoisotopic (exact) mass is 1460 g/mol. The van der Waals surface area contributed by atoms with Crippen molar-refractivity contribution in [2.75, 3.05) is 9.80 Å². The van der Waals surface area contributed by atoms with E-state index in [9.17, 15) is 0 Å². The Kier molecular flexibility index (Phi) is 13.8. The molecule has 0 spiro atoms. The van der Waals surface area contributed by atoms with E-state index >= 15 is 0 Å². The minimum atomic E-state index is 0.759. The SMILES string of the molecule is c1ccc(N(c2ccc(-c3cccc4oc5ccccc5c34)cc2)c2cccc3oc4c(-c5ccc(-c6cccc7c6oc6cc8ccccc8cc67)c(N(c6ccc(-c7cccc8c7sc7ccccc78)cc6)c6cccc7c6sc6ccccc67)c5)cccc4c23)c(-c2cccc3c2oc2cc4ccccc4cc23)c1. The first kappa shape index (κ1) is 62.7. The smallest absolute Gasteiger partial charge is 0.143 e. The molecular formula is C104H60N2O4S2. The predicted molar refractivity (Wildman–Crippen MR) is 473 cm³/mol. The molecule has 0 saturated heterocycles. The second kappa shape index (κ2) is 24.6. The number of hydrogen-bond acceptors (Lipinski definition) is 8. The second-order valence-electron chi connectivity index (χ2n) is 29.2. The first-order chi connectivity index (χ1) is 55.5. The number of benzene rings is 18. The number of fused-ring (bicyclic) bond motifs is 20. The molecule has 24 aromatic rings. The molecule has 0 amide bonds. The van der Waals surface area contributed by atoms with Gasteiger partial charge >= 0.3 is 0 Å². The molecule has 0 N–H and O–H groups in total. The molecule has 0 aliphatic heterocycles. The van der Waals surface area contributed by atoms with Gasteiger partial charge < -0.3 is 27.5 Å². The van der Waals surface area contributed by atoms with E-state index in [0.717, 1.165) is 183 Å². The Balaban J connectivity index is 0.726. The van der Waals surface area contributed by atoms with Gasteiger partial charge in [0.2, 0.25) is 0 Å². The van der Waals surface area contributed by atoms with Crippen molar-refractivity contribution < 1.29 is 17.7 Å². The fraction of sp³-hybridized carbons (Fsp3) is 0. The topological polar surface area (TPSA) is 59.0 Å². The van der Waals surface area contributed by atoms with Gasteiger partial charge in [-0.2, -0.15) is 0 Å². The van der Waals surface area contributed by atoms with E-state index in [0.29, 0.717) is 0 Å². The Morgan fingerprint density at radius 1 is 0.196 bits per heavy atom. The average molecular weight is 1470 g/mol. The van der Waals surface area contributed by atoms with E-state index in [1.807, 2.05) is 34.8 Å². The van der Waals surface area contributed by atoms with E-state index in [1.54, 1.807) is 0 Å². The minimum Gasteiger partial charge on any atom is -0.456 e. The maximum atomic E-state index is 7.51. The van der Waals surface area contributed by atoms with Crippen molar-refractivity contribution in [1.29, 1.82) is 0 Å². The van der Waals surface area contributed by atoms with Crippen LogP contribution in [0.5, 0.6) is 0 Å². The van der Waals surface area contributed by atoms with Crippen LogP contribution in [0.3, 0.4) is 0 Å². The Labute approximate surface area is 648 Å². The summed E-state index contributed by atoms with van der Waals surface area (Å²) in [5, 5.41) is 18.0. The highest BCUT2D eigenvalue weighted by Crippen LogP contribution is 2.54. The summed E-state index contributed by atoms with van der Waals surface area (Å²) in [6.45, 7) is 0. The number of rotatable bonds is 11. The van der Waals surface area contributed by atoms with Gasteiger partial charge in [0, 0.05) is 113 Å². The van der Waals surface area contributed by atoms with Gasteiger partial charge in [-0.1, -0.05) is 261 Å². The maximum absolute atomic E-state index is 7.51. The quantitative estimate of drug-likeness (QED) is 0.129. The van der Waals surface area contributed by atoms with Gasteiger partial charge in [-0.25, -0.2) is 0 Å². The lowest BCUT2D eigenvalue weighted by Gasteiger charge is -2.29.